The number of rotatable bonds is 5. The predicted molar refractivity (Wildman–Crippen MR) is 81.6 cm³/mol. The van der Waals surface area contributed by atoms with Crippen molar-refractivity contribution in [1.82, 2.24) is 19.5 Å². The van der Waals surface area contributed by atoms with E-state index in [0.717, 1.165) is 18.6 Å². The lowest BCUT2D eigenvalue weighted by Crippen LogP contribution is -2.35. The van der Waals surface area contributed by atoms with Crippen LogP contribution in [0.25, 0.3) is 5.65 Å². The van der Waals surface area contributed by atoms with Gasteiger partial charge in [0.25, 0.3) is 5.91 Å². The van der Waals surface area contributed by atoms with Crippen LogP contribution >= 0.6 is 0 Å². The van der Waals surface area contributed by atoms with Crippen molar-refractivity contribution >= 4 is 11.6 Å². The van der Waals surface area contributed by atoms with Crippen LogP contribution in [-0.2, 0) is 6.42 Å². The lowest BCUT2D eigenvalue weighted by atomic mass is 10.1. The Morgan fingerprint density at radius 2 is 2.32 bits per heavy atom. The number of nitrogens with zero attached hydrogens (tertiary/aromatic N) is 4. The number of aryl methyl sites for hydroxylation is 1. The molecule has 3 heterocycles. The molecular weight excluding hydrogens is 280 g/mol. The molecule has 0 saturated heterocycles. The van der Waals surface area contributed by atoms with E-state index in [9.17, 15) is 4.79 Å². The van der Waals surface area contributed by atoms with Gasteiger partial charge in [0, 0.05) is 38.0 Å². The standard InChI is InChI=1S/C16H18N4O2/c1-12(6-7-13-5-3-10-22-13)19(2)16(21)14-11-15-17-8-4-9-20(15)18-14/h3-5,8-12H,6-7H2,1-2H3. The zero-order valence-corrected chi connectivity index (χ0v) is 12.6. The van der Waals surface area contributed by atoms with Gasteiger partial charge in [0.15, 0.2) is 11.3 Å². The summed E-state index contributed by atoms with van der Waals surface area (Å²) in [5, 5.41) is 4.27. The molecule has 0 spiro atoms. The Bertz CT molecular complexity index is 730. The molecular formula is C16H18N4O2. The van der Waals surface area contributed by atoms with Crippen molar-refractivity contribution in [1.29, 1.82) is 0 Å². The molecule has 22 heavy (non-hydrogen) atoms. The normalized spacial score (nSPS) is 12.5. The van der Waals surface area contributed by atoms with Crippen molar-refractivity contribution in [3.8, 4) is 0 Å². The minimum absolute atomic E-state index is 0.0929. The predicted octanol–water partition coefficient (Wildman–Crippen LogP) is 2.42. The lowest BCUT2D eigenvalue weighted by Gasteiger charge is -2.23. The van der Waals surface area contributed by atoms with Crippen molar-refractivity contribution in [3.63, 3.8) is 0 Å². The van der Waals surface area contributed by atoms with Gasteiger partial charge < -0.3 is 9.32 Å². The molecule has 0 saturated carbocycles. The van der Waals surface area contributed by atoms with E-state index in [4.69, 9.17) is 4.42 Å². The van der Waals surface area contributed by atoms with Gasteiger partial charge >= 0.3 is 0 Å². The van der Waals surface area contributed by atoms with Crippen LogP contribution in [0.2, 0.25) is 0 Å². The maximum atomic E-state index is 12.5. The highest BCUT2D eigenvalue weighted by molar-refractivity contribution is 5.93. The summed E-state index contributed by atoms with van der Waals surface area (Å²) in [6.07, 6.45) is 6.76. The number of carbonyl (C=O) groups is 1. The van der Waals surface area contributed by atoms with E-state index in [2.05, 4.69) is 10.1 Å². The Morgan fingerprint density at radius 3 is 3.05 bits per heavy atom. The third-order valence-electron chi connectivity index (χ3n) is 3.83. The average Bonchev–Trinajstić information content (AvgIpc) is 3.19. The summed E-state index contributed by atoms with van der Waals surface area (Å²) in [6.45, 7) is 2.02. The molecule has 3 aromatic heterocycles. The number of furan rings is 1. The molecule has 1 unspecified atom stereocenters. The maximum Gasteiger partial charge on any atom is 0.274 e. The van der Waals surface area contributed by atoms with Crippen LogP contribution in [0.15, 0.2) is 47.3 Å². The van der Waals surface area contributed by atoms with Crippen LogP contribution in [0.1, 0.15) is 29.6 Å². The highest BCUT2D eigenvalue weighted by atomic mass is 16.3. The summed E-state index contributed by atoms with van der Waals surface area (Å²) >= 11 is 0. The second-order valence-corrected chi connectivity index (χ2v) is 5.34. The molecule has 0 aliphatic heterocycles. The second kappa shape index (κ2) is 6.01. The Labute approximate surface area is 128 Å². The van der Waals surface area contributed by atoms with Crippen LogP contribution in [0.4, 0.5) is 0 Å². The summed E-state index contributed by atoms with van der Waals surface area (Å²) in [5.74, 6) is 0.835. The van der Waals surface area contributed by atoms with Gasteiger partial charge in [0.05, 0.1) is 6.26 Å². The SMILES string of the molecule is CC(CCc1ccco1)N(C)C(=O)c1cc2ncccn2n1. The van der Waals surface area contributed by atoms with Gasteiger partial charge in [-0.25, -0.2) is 9.50 Å². The van der Waals surface area contributed by atoms with E-state index >= 15 is 0 Å². The summed E-state index contributed by atoms with van der Waals surface area (Å²) in [4.78, 5) is 18.4. The molecule has 1 atom stereocenters. The Hall–Kier alpha value is -2.63. The number of aromatic nitrogens is 3. The molecule has 0 radical (unpaired) electrons. The van der Waals surface area contributed by atoms with Gasteiger partial charge in [-0.15, -0.1) is 0 Å². The minimum atomic E-state index is -0.0996. The number of fused-ring (bicyclic) bond motifs is 1. The van der Waals surface area contributed by atoms with Crippen LogP contribution in [-0.4, -0.2) is 38.5 Å². The first-order valence-corrected chi connectivity index (χ1v) is 7.25. The second-order valence-electron chi connectivity index (χ2n) is 5.34. The van der Waals surface area contributed by atoms with Gasteiger partial charge in [0.1, 0.15) is 5.76 Å². The summed E-state index contributed by atoms with van der Waals surface area (Å²) in [7, 11) is 1.80. The average molecular weight is 298 g/mol. The van der Waals surface area contributed by atoms with E-state index in [-0.39, 0.29) is 11.9 Å². The Balaban J connectivity index is 1.67. The van der Waals surface area contributed by atoms with E-state index in [1.54, 1.807) is 47.3 Å². The van der Waals surface area contributed by atoms with Gasteiger partial charge in [-0.3, -0.25) is 4.79 Å². The number of hydrogen-bond acceptors (Lipinski definition) is 4. The molecule has 6 nitrogen and oxygen atoms in total. The van der Waals surface area contributed by atoms with Crippen LogP contribution in [0.5, 0.6) is 0 Å². The fourth-order valence-corrected chi connectivity index (χ4v) is 2.32. The molecule has 0 aliphatic carbocycles. The van der Waals surface area contributed by atoms with Gasteiger partial charge in [-0.05, 0) is 31.5 Å². The molecule has 0 fully saturated rings. The molecule has 0 bridgehead atoms. The smallest absolute Gasteiger partial charge is 0.274 e. The fraction of sp³-hybridized carbons (Fsp3) is 0.312. The first-order chi connectivity index (χ1) is 10.6. The van der Waals surface area contributed by atoms with Crippen molar-refractivity contribution in [2.75, 3.05) is 7.05 Å². The third-order valence-corrected chi connectivity index (χ3v) is 3.83. The number of hydrogen-bond donors (Lipinski definition) is 0. The first-order valence-electron chi connectivity index (χ1n) is 7.25. The van der Waals surface area contributed by atoms with E-state index in [1.165, 1.54) is 0 Å². The maximum absolute atomic E-state index is 12.5. The zero-order chi connectivity index (χ0) is 15.5. The van der Waals surface area contributed by atoms with Crippen molar-refractivity contribution in [2.45, 2.75) is 25.8 Å². The molecule has 3 rings (SSSR count). The quantitative estimate of drug-likeness (QED) is 0.725. The molecule has 114 valence electrons. The highest BCUT2D eigenvalue weighted by Gasteiger charge is 2.20. The zero-order valence-electron chi connectivity index (χ0n) is 12.6. The fourth-order valence-electron chi connectivity index (χ4n) is 2.32. The van der Waals surface area contributed by atoms with Gasteiger partial charge in [0.2, 0.25) is 0 Å². The third kappa shape index (κ3) is 2.86. The van der Waals surface area contributed by atoms with E-state index in [1.807, 2.05) is 19.1 Å². The van der Waals surface area contributed by atoms with Crippen LogP contribution < -0.4 is 0 Å². The summed E-state index contributed by atoms with van der Waals surface area (Å²) in [5.41, 5.74) is 1.08. The first kappa shape index (κ1) is 14.3. The van der Waals surface area contributed by atoms with Crippen LogP contribution in [0, 0.1) is 0 Å². The molecule has 0 aliphatic rings. The monoisotopic (exact) mass is 298 g/mol. The Kier molecular flexibility index (Phi) is 3.91. The summed E-state index contributed by atoms with van der Waals surface area (Å²) in [6, 6.07) is 7.40. The van der Waals surface area contributed by atoms with Crippen LogP contribution in [0.3, 0.4) is 0 Å². The van der Waals surface area contributed by atoms with Crippen molar-refractivity contribution in [2.24, 2.45) is 0 Å². The molecule has 0 aromatic carbocycles. The van der Waals surface area contributed by atoms with Gasteiger partial charge in [-0.2, -0.15) is 5.10 Å². The van der Waals surface area contributed by atoms with Gasteiger partial charge in [-0.1, -0.05) is 0 Å². The topological polar surface area (TPSA) is 63.6 Å². The molecule has 3 aromatic rings. The largest absolute Gasteiger partial charge is 0.469 e. The van der Waals surface area contributed by atoms with Crippen molar-refractivity contribution in [3.05, 3.63) is 54.4 Å². The molecule has 6 heteroatoms. The number of amides is 1. The highest BCUT2D eigenvalue weighted by Crippen LogP contribution is 2.12. The Morgan fingerprint density at radius 1 is 1.45 bits per heavy atom. The lowest BCUT2D eigenvalue weighted by molar-refractivity contribution is 0.0730. The number of carbonyl (C=O) groups excluding carboxylic acids is 1. The molecule has 1 amide bonds. The van der Waals surface area contributed by atoms with Crippen molar-refractivity contribution < 1.29 is 9.21 Å². The summed E-state index contributed by atoms with van der Waals surface area (Å²) < 4.78 is 6.93. The van der Waals surface area contributed by atoms with E-state index in [0.29, 0.717) is 11.3 Å². The molecule has 0 N–H and O–H groups in total. The minimum Gasteiger partial charge on any atom is -0.469 e. The van der Waals surface area contributed by atoms with E-state index < -0.39 is 0 Å².